The lowest BCUT2D eigenvalue weighted by Crippen LogP contribution is -2.46. The molecule has 110 valence electrons. The van der Waals surface area contributed by atoms with Crippen molar-refractivity contribution in [2.45, 2.75) is 40.5 Å². The molecule has 0 atom stereocenters. The molecule has 2 rings (SSSR count). The highest BCUT2D eigenvalue weighted by atomic mass is 15.2. The molecule has 2 aliphatic rings. The molecule has 0 bridgehead atoms. The predicted molar refractivity (Wildman–Crippen MR) is 82.2 cm³/mol. The van der Waals surface area contributed by atoms with E-state index in [1.54, 1.807) is 0 Å². The third-order valence-electron chi connectivity index (χ3n) is 3.56. The Morgan fingerprint density at radius 2 is 1.39 bits per heavy atom. The predicted octanol–water partition coefficient (Wildman–Crippen LogP) is 2.29. The van der Waals surface area contributed by atoms with Crippen LogP contribution in [0, 0.1) is 5.92 Å². The fraction of sp³-hybridized carbons (Fsp3) is 1.00. The van der Waals surface area contributed by atoms with Crippen molar-refractivity contribution < 1.29 is 0 Å². The minimum absolute atomic E-state index is 0.962. The van der Waals surface area contributed by atoms with Gasteiger partial charge in [0.2, 0.25) is 0 Å². The van der Waals surface area contributed by atoms with E-state index >= 15 is 0 Å². The summed E-state index contributed by atoms with van der Waals surface area (Å²) in [6, 6.07) is 0. The maximum absolute atomic E-state index is 3.41. The molecule has 0 radical (unpaired) electrons. The van der Waals surface area contributed by atoms with Crippen molar-refractivity contribution in [2.24, 2.45) is 5.92 Å². The summed E-state index contributed by atoms with van der Waals surface area (Å²) in [5.41, 5.74) is 0. The van der Waals surface area contributed by atoms with E-state index in [1.165, 1.54) is 58.7 Å². The SMILES string of the molecule is CC.CC.CN1CCC(CN2CCNCC2)CC1. The van der Waals surface area contributed by atoms with E-state index in [4.69, 9.17) is 0 Å². The van der Waals surface area contributed by atoms with Crippen LogP contribution in [0.1, 0.15) is 40.5 Å². The highest BCUT2D eigenvalue weighted by molar-refractivity contribution is 4.76. The van der Waals surface area contributed by atoms with Crippen molar-refractivity contribution in [3.05, 3.63) is 0 Å². The first-order valence-electron chi connectivity index (χ1n) is 7.96. The van der Waals surface area contributed by atoms with Crippen LogP contribution in [0.15, 0.2) is 0 Å². The smallest absolute Gasteiger partial charge is 0.0107 e. The third kappa shape index (κ3) is 7.34. The van der Waals surface area contributed by atoms with Crippen molar-refractivity contribution in [1.29, 1.82) is 0 Å². The molecule has 0 aliphatic carbocycles. The molecule has 2 saturated heterocycles. The van der Waals surface area contributed by atoms with E-state index < -0.39 is 0 Å². The van der Waals surface area contributed by atoms with Crippen molar-refractivity contribution in [2.75, 3.05) is 52.9 Å². The fourth-order valence-corrected chi connectivity index (χ4v) is 2.50. The number of nitrogens with zero attached hydrogens (tertiary/aromatic N) is 2. The molecule has 0 saturated carbocycles. The van der Waals surface area contributed by atoms with Gasteiger partial charge in [-0.15, -0.1) is 0 Å². The summed E-state index contributed by atoms with van der Waals surface area (Å²) in [7, 11) is 2.24. The van der Waals surface area contributed by atoms with Gasteiger partial charge in [-0.05, 0) is 38.9 Å². The maximum Gasteiger partial charge on any atom is 0.0107 e. The van der Waals surface area contributed by atoms with Gasteiger partial charge in [0.1, 0.15) is 0 Å². The van der Waals surface area contributed by atoms with E-state index in [0.29, 0.717) is 0 Å². The number of piperidine rings is 1. The quantitative estimate of drug-likeness (QED) is 0.819. The Morgan fingerprint density at radius 1 is 0.889 bits per heavy atom. The van der Waals surface area contributed by atoms with Crippen LogP contribution in [-0.4, -0.2) is 62.7 Å². The summed E-state index contributed by atoms with van der Waals surface area (Å²) in [5, 5.41) is 3.41. The Balaban J connectivity index is 0.000000659. The Bertz CT molecular complexity index is 159. The van der Waals surface area contributed by atoms with Crippen molar-refractivity contribution in [3.63, 3.8) is 0 Å². The van der Waals surface area contributed by atoms with Crippen molar-refractivity contribution >= 4 is 0 Å². The van der Waals surface area contributed by atoms with Crippen molar-refractivity contribution in [3.8, 4) is 0 Å². The second kappa shape index (κ2) is 11.9. The second-order valence-corrected chi connectivity index (χ2v) is 4.80. The summed E-state index contributed by atoms with van der Waals surface area (Å²) >= 11 is 0. The number of piperazine rings is 1. The molecular weight excluding hydrogens is 222 g/mol. The van der Waals surface area contributed by atoms with Crippen LogP contribution in [0.4, 0.5) is 0 Å². The summed E-state index contributed by atoms with van der Waals surface area (Å²) in [6.07, 6.45) is 2.81. The molecule has 18 heavy (non-hydrogen) atoms. The van der Waals surface area contributed by atoms with Crippen molar-refractivity contribution in [1.82, 2.24) is 15.1 Å². The standard InChI is InChI=1S/C11H23N3.2C2H6/c1-13-6-2-11(3-7-13)10-14-8-4-12-5-9-14;2*1-2/h11-12H,2-10H2,1H3;2*1-2H3. The zero-order valence-corrected chi connectivity index (χ0v) is 13.3. The van der Waals surface area contributed by atoms with Crippen LogP contribution >= 0.6 is 0 Å². The lowest BCUT2D eigenvalue weighted by molar-refractivity contribution is 0.150. The zero-order valence-electron chi connectivity index (χ0n) is 13.3. The Hall–Kier alpha value is -0.120. The van der Waals surface area contributed by atoms with Crippen LogP contribution in [0.2, 0.25) is 0 Å². The van der Waals surface area contributed by atoms with Gasteiger partial charge in [0.15, 0.2) is 0 Å². The molecule has 0 aromatic carbocycles. The van der Waals surface area contributed by atoms with Crippen LogP contribution < -0.4 is 5.32 Å². The minimum atomic E-state index is 0.962. The molecular formula is C15H35N3. The number of hydrogen-bond acceptors (Lipinski definition) is 3. The summed E-state index contributed by atoms with van der Waals surface area (Å²) in [5.74, 6) is 0.962. The molecule has 2 heterocycles. The molecule has 0 aromatic heterocycles. The molecule has 0 aromatic rings. The average molecular weight is 257 g/mol. The van der Waals surface area contributed by atoms with Crippen LogP contribution in [0.5, 0.6) is 0 Å². The van der Waals surface area contributed by atoms with E-state index in [0.717, 1.165) is 5.92 Å². The first-order valence-corrected chi connectivity index (χ1v) is 7.96. The summed E-state index contributed by atoms with van der Waals surface area (Å²) in [4.78, 5) is 5.08. The summed E-state index contributed by atoms with van der Waals surface area (Å²) < 4.78 is 0. The van der Waals surface area contributed by atoms with Gasteiger partial charge in [-0.1, -0.05) is 27.7 Å². The Kier molecular flexibility index (Phi) is 11.9. The van der Waals surface area contributed by atoms with Gasteiger partial charge < -0.3 is 15.1 Å². The minimum Gasteiger partial charge on any atom is -0.314 e. The topological polar surface area (TPSA) is 18.5 Å². The molecule has 1 N–H and O–H groups in total. The molecule has 0 spiro atoms. The molecule has 2 aliphatic heterocycles. The van der Waals surface area contributed by atoms with E-state index in [9.17, 15) is 0 Å². The van der Waals surface area contributed by atoms with Gasteiger partial charge in [-0.2, -0.15) is 0 Å². The van der Waals surface area contributed by atoms with Gasteiger partial charge in [0, 0.05) is 32.7 Å². The number of hydrogen-bond donors (Lipinski definition) is 1. The second-order valence-electron chi connectivity index (χ2n) is 4.80. The maximum atomic E-state index is 3.41. The lowest BCUT2D eigenvalue weighted by atomic mass is 9.96. The first kappa shape index (κ1) is 17.9. The van der Waals surface area contributed by atoms with E-state index in [-0.39, 0.29) is 0 Å². The van der Waals surface area contributed by atoms with Gasteiger partial charge in [-0.3, -0.25) is 0 Å². The van der Waals surface area contributed by atoms with E-state index in [1.807, 2.05) is 27.7 Å². The monoisotopic (exact) mass is 257 g/mol. The van der Waals surface area contributed by atoms with Gasteiger partial charge in [-0.25, -0.2) is 0 Å². The van der Waals surface area contributed by atoms with E-state index in [2.05, 4.69) is 22.2 Å². The Morgan fingerprint density at radius 3 is 1.89 bits per heavy atom. The molecule has 3 heteroatoms. The van der Waals surface area contributed by atoms with Crippen LogP contribution in [0.3, 0.4) is 0 Å². The van der Waals surface area contributed by atoms with Crippen LogP contribution in [0.25, 0.3) is 0 Å². The average Bonchev–Trinajstić information content (AvgIpc) is 2.47. The van der Waals surface area contributed by atoms with Gasteiger partial charge >= 0.3 is 0 Å². The normalized spacial score (nSPS) is 22.5. The number of nitrogens with one attached hydrogen (secondary N) is 1. The molecule has 0 unspecified atom stereocenters. The number of likely N-dealkylation sites (tertiary alicyclic amines) is 1. The Labute approximate surface area is 115 Å². The highest BCUT2D eigenvalue weighted by Crippen LogP contribution is 2.17. The third-order valence-corrected chi connectivity index (χ3v) is 3.56. The molecule has 2 fully saturated rings. The lowest BCUT2D eigenvalue weighted by Gasteiger charge is -2.34. The molecule has 3 nitrogen and oxygen atoms in total. The zero-order chi connectivity index (χ0) is 13.8. The van der Waals surface area contributed by atoms with Crippen LogP contribution in [-0.2, 0) is 0 Å². The largest absolute Gasteiger partial charge is 0.314 e. The molecule has 0 amide bonds. The van der Waals surface area contributed by atoms with Gasteiger partial charge in [0.25, 0.3) is 0 Å². The summed E-state index contributed by atoms with van der Waals surface area (Å²) in [6.45, 7) is 16.8. The number of rotatable bonds is 2. The fourth-order valence-electron chi connectivity index (χ4n) is 2.50. The van der Waals surface area contributed by atoms with Gasteiger partial charge in [0.05, 0.1) is 0 Å². The highest BCUT2D eigenvalue weighted by Gasteiger charge is 2.20. The first-order chi connectivity index (χ1) is 8.84.